The molecule has 1 aromatic carbocycles. The van der Waals surface area contributed by atoms with E-state index < -0.39 is 10.0 Å². The Morgan fingerprint density at radius 1 is 1.15 bits per heavy atom. The van der Waals surface area contributed by atoms with E-state index in [2.05, 4.69) is 5.32 Å². The standard InChI is InChI=1S/C18H27N3O3S.ClH/c1-14(22)21-11-7-15-3-4-18(13-16(15)8-12-21)25(23,24)20(2)17-5-9-19-10-6-17;/h3-4,13,17,19H,5-12H2,1-2H3;1H. The van der Waals surface area contributed by atoms with E-state index in [4.69, 9.17) is 0 Å². The molecule has 8 heteroatoms. The molecule has 26 heavy (non-hydrogen) atoms. The van der Waals surface area contributed by atoms with Gasteiger partial charge in [0, 0.05) is 33.1 Å². The molecule has 1 N–H and O–H groups in total. The van der Waals surface area contributed by atoms with Gasteiger partial charge >= 0.3 is 0 Å². The van der Waals surface area contributed by atoms with Crippen LogP contribution < -0.4 is 5.32 Å². The highest BCUT2D eigenvalue weighted by molar-refractivity contribution is 7.89. The van der Waals surface area contributed by atoms with Crippen LogP contribution in [0.2, 0.25) is 0 Å². The summed E-state index contributed by atoms with van der Waals surface area (Å²) in [6.07, 6.45) is 3.16. The summed E-state index contributed by atoms with van der Waals surface area (Å²) >= 11 is 0. The van der Waals surface area contributed by atoms with Crippen molar-refractivity contribution in [2.75, 3.05) is 33.2 Å². The molecule has 0 aliphatic carbocycles. The molecular weight excluding hydrogens is 374 g/mol. The van der Waals surface area contributed by atoms with Crippen molar-refractivity contribution in [3.63, 3.8) is 0 Å². The second-order valence-corrected chi connectivity index (χ2v) is 8.94. The van der Waals surface area contributed by atoms with Gasteiger partial charge in [0.25, 0.3) is 0 Å². The normalized spacial score (nSPS) is 18.8. The molecule has 1 amide bonds. The molecule has 2 aliphatic heterocycles. The van der Waals surface area contributed by atoms with Crippen molar-refractivity contribution in [2.24, 2.45) is 0 Å². The van der Waals surface area contributed by atoms with E-state index in [0.29, 0.717) is 24.4 Å². The molecule has 0 aromatic heterocycles. The molecule has 1 fully saturated rings. The molecule has 1 saturated heterocycles. The Morgan fingerprint density at radius 3 is 2.38 bits per heavy atom. The Labute approximate surface area is 162 Å². The number of piperidine rings is 1. The van der Waals surface area contributed by atoms with Crippen LogP contribution in [0.15, 0.2) is 23.1 Å². The molecule has 0 spiro atoms. The molecule has 0 saturated carbocycles. The molecule has 0 radical (unpaired) electrons. The van der Waals surface area contributed by atoms with E-state index in [1.165, 1.54) is 4.31 Å². The summed E-state index contributed by atoms with van der Waals surface area (Å²) in [4.78, 5) is 13.8. The first-order valence-electron chi connectivity index (χ1n) is 8.95. The summed E-state index contributed by atoms with van der Waals surface area (Å²) in [5, 5.41) is 3.27. The lowest BCUT2D eigenvalue weighted by molar-refractivity contribution is -0.128. The average Bonchev–Trinajstić information content (AvgIpc) is 2.83. The Kier molecular flexibility index (Phi) is 7.07. The topological polar surface area (TPSA) is 69.7 Å². The predicted molar refractivity (Wildman–Crippen MR) is 104 cm³/mol. The third-order valence-corrected chi connectivity index (χ3v) is 7.33. The van der Waals surface area contributed by atoms with Crippen LogP contribution in [0, 0.1) is 0 Å². The molecular formula is C18H28ClN3O3S. The number of hydrogen-bond acceptors (Lipinski definition) is 4. The van der Waals surface area contributed by atoms with Crippen molar-refractivity contribution in [1.29, 1.82) is 0 Å². The fraction of sp³-hybridized carbons (Fsp3) is 0.611. The lowest BCUT2D eigenvalue weighted by Crippen LogP contribution is -2.43. The SMILES string of the molecule is CC(=O)N1CCc2ccc(S(=O)(=O)N(C)C3CCNCC3)cc2CC1.Cl. The highest BCUT2D eigenvalue weighted by Crippen LogP contribution is 2.25. The summed E-state index contributed by atoms with van der Waals surface area (Å²) in [6.45, 7) is 4.64. The molecule has 1 aromatic rings. The Balaban J connectivity index is 0.00000243. The summed E-state index contributed by atoms with van der Waals surface area (Å²) in [5.41, 5.74) is 2.19. The summed E-state index contributed by atoms with van der Waals surface area (Å²) in [7, 11) is -1.80. The van der Waals surface area contributed by atoms with Gasteiger partial charge in [0.15, 0.2) is 0 Å². The van der Waals surface area contributed by atoms with Gasteiger partial charge < -0.3 is 10.2 Å². The monoisotopic (exact) mass is 401 g/mol. The second-order valence-electron chi connectivity index (χ2n) is 6.94. The number of carbonyl (C=O) groups is 1. The molecule has 0 bridgehead atoms. The van der Waals surface area contributed by atoms with Gasteiger partial charge in [-0.1, -0.05) is 6.07 Å². The zero-order valence-electron chi connectivity index (χ0n) is 15.4. The molecule has 2 heterocycles. The van der Waals surface area contributed by atoms with Gasteiger partial charge in [0.2, 0.25) is 15.9 Å². The van der Waals surface area contributed by atoms with Gasteiger partial charge in [0.05, 0.1) is 4.90 Å². The van der Waals surface area contributed by atoms with E-state index in [1.807, 2.05) is 17.0 Å². The van der Waals surface area contributed by atoms with E-state index in [1.54, 1.807) is 20.0 Å². The van der Waals surface area contributed by atoms with Gasteiger partial charge in [-0.3, -0.25) is 4.79 Å². The van der Waals surface area contributed by atoms with Crippen molar-refractivity contribution in [1.82, 2.24) is 14.5 Å². The predicted octanol–water partition coefficient (Wildman–Crippen LogP) is 1.43. The molecule has 146 valence electrons. The maximum absolute atomic E-state index is 13.0. The van der Waals surface area contributed by atoms with E-state index in [0.717, 1.165) is 43.5 Å². The van der Waals surface area contributed by atoms with Gasteiger partial charge in [-0.25, -0.2) is 8.42 Å². The lowest BCUT2D eigenvalue weighted by Gasteiger charge is -2.31. The van der Waals surface area contributed by atoms with E-state index >= 15 is 0 Å². The second kappa shape index (κ2) is 8.69. The quantitative estimate of drug-likeness (QED) is 0.831. The van der Waals surface area contributed by atoms with Crippen molar-refractivity contribution in [3.8, 4) is 0 Å². The largest absolute Gasteiger partial charge is 0.342 e. The van der Waals surface area contributed by atoms with Crippen molar-refractivity contribution in [3.05, 3.63) is 29.3 Å². The number of carbonyl (C=O) groups excluding carboxylic acids is 1. The summed E-state index contributed by atoms with van der Waals surface area (Å²) < 4.78 is 27.6. The fourth-order valence-corrected chi connectivity index (χ4v) is 5.18. The number of sulfonamides is 1. The van der Waals surface area contributed by atoms with Gasteiger partial charge in [-0.15, -0.1) is 12.4 Å². The fourth-order valence-electron chi connectivity index (χ4n) is 3.71. The minimum atomic E-state index is -3.49. The van der Waals surface area contributed by atoms with Crippen LogP contribution in [0.4, 0.5) is 0 Å². The highest BCUT2D eigenvalue weighted by atomic mass is 35.5. The van der Waals surface area contributed by atoms with Crippen LogP contribution in [0.5, 0.6) is 0 Å². The van der Waals surface area contributed by atoms with E-state index in [9.17, 15) is 13.2 Å². The highest BCUT2D eigenvalue weighted by Gasteiger charge is 2.29. The van der Waals surface area contributed by atoms with Crippen LogP contribution in [-0.4, -0.2) is 62.8 Å². The minimum Gasteiger partial charge on any atom is -0.342 e. The number of nitrogens with zero attached hydrogens (tertiary/aromatic N) is 2. The lowest BCUT2D eigenvalue weighted by atomic mass is 10.0. The first kappa shape index (κ1) is 21.2. The van der Waals surface area contributed by atoms with Crippen molar-refractivity contribution in [2.45, 2.75) is 43.5 Å². The molecule has 3 rings (SSSR count). The Morgan fingerprint density at radius 2 is 1.77 bits per heavy atom. The van der Waals surface area contributed by atoms with Gasteiger partial charge in [-0.2, -0.15) is 4.31 Å². The average molecular weight is 402 g/mol. The van der Waals surface area contributed by atoms with Gasteiger partial charge in [-0.05, 0) is 62.0 Å². The smallest absolute Gasteiger partial charge is 0.243 e. The summed E-state index contributed by atoms with van der Waals surface area (Å²) in [6, 6.07) is 5.50. The minimum absolute atomic E-state index is 0. The number of benzene rings is 1. The third-order valence-electron chi connectivity index (χ3n) is 5.43. The van der Waals surface area contributed by atoms with Crippen LogP contribution in [-0.2, 0) is 27.7 Å². The number of halogens is 1. The molecule has 2 aliphatic rings. The number of rotatable bonds is 3. The Bertz CT molecular complexity index is 748. The van der Waals surface area contributed by atoms with Crippen LogP contribution in [0.25, 0.3) is 0 Å². The number of fused-ring (bicyclic) bond motifs is 1. The number of hydrogen-bond donors (Lipinski definition) is 1. The Hall–Kier alpha value is -1.15. The third kappa shape index (κ3) is 4.39. The van der Waals surface area contributed by atoms with Gasteiger partial charge in [0.1, 0.15) is 0 Å². The van der Waals surface area contributed by atoms with Crippen LogP contribution in [0.1, 0.15) is 30.9 Å². The zero-order valence-corrected chi connectivity index (χ0v) is 17.0. The molecule has 0 unspecified atom stereocenters. The molecule has 6 nitrogen and oxygen atoms in total. The summed E-state index contributed by atoms with van der Waals surface area (Å²) in [5.74, 6) is 0.0753. The maximum atomic E-state index is 13.0. The number of nitrogens with one attached hydrogen (secondary N) is 1. The van der Waals surface area contributed by atoms with Crippen molar-refractivity contribution < 1.29 is 13.2 Å². The van der Waals surface area contributed by atoms with Crippen LogP contribution >= 0.6 is 12.4 Å². The van der Waals surface area contributed by atoms with Crippen molar-refractivity contribution >= 4 is 28.3 Å². The molecule has 0 atom stereocenters. The first-order valence-corrected chi connectivity index (χ1v) is 10.4. The first-order chi connectivity index (χ1) is 11.9. The van der Waals surface area contributed by atoms with E-state index in [-0.39, 0.29) is 24.4 Å². The maximum Gasteiger partial charge on any atom is 0.243 e. The van der Waals surface area contributed by atoms with Crippen LogP contribution in [0.3, 0.4) is 0 Å². The number of amides is 1. The zero-order chi connectivity index (χ0) is 18.0.